The number of anilines is 1. The number of hydrogen-bond acceptors (Lipinski definition) is 5. The first-order valence-electron chi connectivity index (χ1n) is 7.76. The van der Waals surface area contributed by atoms with E-state index in [1.54, 1.807) is 11.3 Å². The van der Waals surface area contributed by atoms with Gasteiger partial charge in [0.2, 0.25) is 5.91 Å². The van der Waals surface area contributed by atoms with Crippen LogP contribution < -0.4 is 4.90 Å². The molecule has 1 unspecified atom stereocenters. The molecule has 0 radical (unpaired) electrons. The van der Waals surface area contributed by atoms with Crippen LogP contribution in [0.4, 0.5) is 5.82 Å². The number of ether oxygens (including phenoxy) is 1. The molecule has 1 atom stereocenters. The Bertz CT molecular complexity index is 681. The Balaban J connectivity index is 1.50. The van der Waals surface area contributed by atoms with E-state index in [0.29, 0.717) is 13.2 Å². The number of morpholine rings is 1. The summed E-state index contributed by atoms with van der Waals surface area (Å²) in [6.07, 6.45) is 2.78. The maximum atomic E-state index is 12.6. The maximum absolute atomic E-state index is 12.6. The minimum atomic E-state index is 0.0915. The van der Waals surface area contributed by atoms with Crippen molar-refractivity contribution in [2.24, 2.45) is 5.92 Å². The van der Waals surface area contributed by atoms with Crippen LogP contribution in [-0.2, 0) is 9.53 Å². The molecule has 6 heteroatoms. The fourth-order valence-electron chi connectivity index (χ4n) is 3.33. The number of amides is 1. The van der Waals surface area contributed by atoms with Gasteiger partial charge in [0.1, 0.15) is 5.82 Å². The van der Waals surface area contributed by atoms with Gasteiger partial charge in [0.25, 0.3) is 0 Å². The number of carbonyl (C=O) groups excluding carboxylic acids is 1. The van der Waals surface area contributed by atoms with Crippen LogP contribution in [0, 0.1) is 5.92 Å². The highest BCUT2D eigenvalue weighted by Gasteiger charge is 2.33. The minimum Gasteiger partial charge on any atom is -0.378 e. The molecule has 1 amide bonds. The lowest BCUT2D eigenvalue weighted by molar-refractivity contribution is -0.138. The second kappa shape index (κ2) is 5.85. The summed E-state index contributed by atoms with van der Waals surface area (Å²) in [5, 5.41) is 3.30. The highest BCUT2D eigenvalue weighted by molar-refractivity contribution is 7.17. The van der Waals surface area contributed by atoms with E-state index < -0.39 is 0 Å². The molecule has 2 saturated heterocycles. The molecule has 0 saturated carbocycles. The minimum absolute atomic E-state index is 0.0915. The summed E-state index contributed by atoms with van der Waals surface area (Å²) in [6.45, 7) is 4.47. The van der Waals surface area contributed by atoms with E-state index >= 15 is 0 Å². The van der Waals surface area contributed by atoms with Crippen LogP contribution in [-0.4, -0.2) is 55.2 Å². The van der Waals surface area contributed by atoms with Crippen LogP contribution in [0.1, 0.15) is 6.42 Å². The van der Waals surface area contributed by atoms with E-state index in [1.165, 1.54) is 10.1 Å². The van der Waals surface area contributed by atoms with Crippen molar-refractivity contribution >= 4 is 33.1 Å². The van der Waals surface area contributed by atoms with Crippen molar-refractivity contribution in [3.63, 3.8) is 0 Å². The third kappa shape index (κ3) is 2.46. The largest absolute Gasteiger partial charge is 0.378 e. The molecule has 0 bridgehead atoms. The van der Waals surface area contributed by atoms with Crippen molar-refractivity contribution < 1.29 is 9.53 Å². The number of rotatable bonds is 2. The molecular weight excluding hydrogens is 298 g/mol. The first-order valence-corrected chi connectivity index (χ1v) is 8.64. The zero-order chi connectivity index (χ0) is 14.9. The zero-order valence-electron chi connectivity index (χ0n) is 12.4. The van der Waals surface area contributed by atoms with Gasteiger partial charge in [-0.05, 0) is 23.9 Å². The predicted octanol–water partition coefficient (Wildman–Crippen LogP) is 1.98. The second-order valence-corrected chi connectivity index (χ2v) is 6.78. The molecular formula is C16H19N3O2S. The molecule has 2 aromatic rings. The quantitative estimate of drug-likeness (QED) is 0.850. The van der Waals surface area contributed by atoms with Crippen LogP contribution in [0.15, 0.2) is 23.7 Å². The van der Waals surface area contributed by atoms with Crippen LogP contribution in [0.5, 0.6) is 0 Å². The lowest BCUT2D eigenvalue weighted by Crippen LogP contribution is -2.44. The number of nitrogens with zero attached hydrogens (tertiary/aromatic N) is 3. The van der Waals surface area contributed by atoms with Gasteiger partial charge in [0, 0.05) is 42.5 Å². The summed E-state index contributed by atoms with van der Waals surface area (Å²) in [4.78, 5) is 21.4. The first-order chi connectivity index (χ1) is 10.8. The number of hydrogen-bond donors (Lipinski definition) is 0. The Morgan fingerprint density at radius 2 is 2.14 bits per heavy atom. The Hall–Kier alpha value is -1.66. The molecule has 4 rings (SSSR count). The lowest BCUT2D eigenvalue weighted by Gasteiger charge is -2.29. The molecule has 22 heavy (non-hydrogen) atoms. The lowest BCUT2D eigenvalue weighted by atomic mass is 10.1. The van der Waals surface area contributed by atoms with E-state index in [1.807, 2.05) is 11.1 Å². The van der Waals surface area contributed by atoms with Gasteiger partial charge in [0.15, 0.2) is 0 Å². The highest BCUT2D eigenvalue weighted by atomic mass is 32.1. The van der Waals surface area contributed by atoms with Crippen molar-refractivity contribution in [3.05, 3.63) is 23.7 Å². The Morgan fingerprint density at radius 3 is 3.00 bits per heavy atom. The summed E-state index contributed by atoms with van der Waals surface area (Å²) >= 11 is 1.73. The molecule has 0 aromatic carbocycles. The third-order valence-corrected chi connectivity index (χ3v) is 5.40. The normalized spacial score (nSPS) is 22.5. The molecule has 0 aliphatic carbocycles. The Morgan fingerprint density at radius 1 is 1.27 bits per heavy atom. The molecule has 116 valence electrons. The number of fused-ring (bicyclic) bond motifs is 1. The fraction of sp³-hybridized carbons (Fsp3) is 0.500. The van der Waals surface area contributed by atoms with Gasteiger partial charge < -0.3 is 14.5 Å². The molecule has 4 heterocycles. The van der Waals surface area contributed by atoms with Gasteiger partial charge in [-0.3, -0.25) is 4.79 Å². The molecule has 2 aliphatic heterocycles. The summed E-state index contributed by atoms with van der Waals surface area (Å²) in [7, 11) is 0. The molecule has 2 aromatic heterocycles. The van der Waals surface area contributed by atoms with Gasteiger partial charge in [-0.2, -0.15) is 0 Å². The SMILES string of the molecule is O=C(C1CCN(c2nccc3sccc23)C1)N1CCOCC1. The van der Waals surface area contributed by atoms with E-state index in [2.05, 4.69) is 27.4 Å². The van der Waals surface area contributed by atoms with Gasteiger partial charge in [-0.25, -0.2) is 4.98 Å². The second-order valence-electron chi connectivity index (χ2n) is 5.84. The smallest absolute Gasteiger partial charge is 0.227 e. The Kier molecular flexibility index (Phi) is 3.72. The average Bonchev–Trinajstić information content (AvgIpc) is 3.24. The van der Waals surface area contributed by atoms with Crippen LogP contribution in [0.25, 0.3) is 10.1 Å². The van der Waals surface area contributed by atoms with Gasteiger partial charge >= 0.3 is 0 Å². The molecule has 0 spiro atoms. The van der Waals surface area contributed by atoms with E-state index in [9.17, 15) is 4.79 Å². The average molecular weight is 317 g/mol. The topological polar surface area (TPSA) is 45.7 Å². The highest BCUT2D eigenvalue weighted by Crippen LogP contribution is 2.32. The van der Waals surface area contributed by atoms with Crippen molar-refractivity contribution in [2.75, 3.05) is 44.3 Å². The molecule has 5 nitrogen and oxygen atoms in total. The number of carbonyl (C=O) groups is 1. The first kappa shape index (κ1) is 14.0. The van der Waals surface area contributed by atoms with E-state index in [0.717, 1.165) is 38.4 Å². The van der Waals surface area contributed by atoms with Gasteiger partial charge in [0.05, 0.1) is 19.1 Å². The maximum Gasteiger partial charge on any atom is 0.227 e. The molecule has 0 N–H and O–H groups in total. The van der Waals surface area contributed by atoms with Crippen molar-refractivity contribution in [1.82, 2.24) is 9.88 Å². The summed E-state index contributed by atoms with van der Waals surface area (Å²) in [5.74, 6) is 1.40. The van der Waals surface area contributed by atoms with E-state index in [-0.39, 0.29) is 11.8 Å². The monoisotopic (exact) mass is 317 g/mol. The summed E-state index contributed by atoms with van der Waals surface area (Å²) in [6, 6.07) is 4.18. The van der Waals surface area contributed by atoms with Gasteiger partial charge in [-0.1, -0.05) is 0 Å². The van der Waals surface area contributed by atoms with Crippen LogP contribution >= 0.6 is 11.3 Å². The third-order valence-electron chi connectivity index (χ3n) is 4.52. The molecule has 2 fully saturated rings. The Labute approximate surface area is 133 Å². The van der Waals surface area contributed by atoms with Crippen molar-refractivity contribution in [3.8, 4) is 0 Å². The summed E-state index contributed by atoms with van der Waals surface area (Å²) in [5.41, 5.74) is 0. The number of thiophene rings is 1. The van der Waals surface area contributed by atoms with Crippen molar-refractivity contribution in [1.29, 1.82) is 0 Å². The van der Waals surface area contributed by atoms with Crippen LogP contribution in [0.2, 0.25) is 0 Å². The zero-order valence-corrected chi connectivity index (χ0v) is 13.2. The summed E-state index contributed by atoms with van der Waals surface area (Å²) < 4.78 is 6.59. The van der Waals surface area contributed by atoms with E-state index in [4.69, 9.17) is 4.74 Å². The fourth-order valence-corrected chi connectivity index (χ4v) is 4.10. The number of pyridine rings is 1. The van der Waals surface area contributed by atoms with Crippen molar-refractivity contribution in [2.45, 2.75) is 6.42 Å². The van der Waals surface area contributed by atoms with Crippen LogP contribution in [0.3, 0.4) is 0 Å². The predicted molar refractivity (Wildman–Crippen MR) is 87.3 cm³/mol. The number of aromatic nitrogens is 1. The standard InChI is InChI=1S/C16H19N3O2S/c20-16(18-6-8-21-9-7-18)12-2-5-19(11-12)15-13-3-10-22-14(13)1-4-17-15/h1,3-4,10,12H,2,5-9,11H2. The molecule has 2 aliphatic rings. The van der Waals surface area contributed by atoms with Gasteiger partial charge in [-0.15, -0.1) is 11.3 Å².